The number of aromatic nitrogens is 1. The fourth-order valence-electron chi connectivity index (χ4n) is 3.93. The van der Waals surface area contributed by atoms with Crippen molar-refractivity contribution in [3.8, 4) is 11.1 Å². The fourth-order valence-corrected chi connectivity index (χ4v) is 3.93. The van der Waals surface area contributed by atoms with Crippen LogP contribution in [-0.4, -0.2) is 29.0 Å². The van der Waals surface area contributed by atoms with Crippen molar-refractivity contribution in [1.82, 2.24) is 9.88 Å². The highest BCUT2D eigenvalue weighted by Crippen LogP contribution is 2.33. The lowest BCUT2D eigenvalue weighted by Crippen LogP contribution is -2.40. The third-order valence-electron chi connectivity index (χ3n) is 4.97. The lowest BCUT2D eigenvalue weighted by atomic mass is 9.83. The molecule has 0 saturated heterocycles. The molecule has 1 atom stereocenters. The maximum Gasteiger partial charge on any atom is 0.0346 e. The summed E-state index contributed by atoms with van der Waals surface area (Å²) >= 11 is 0. The van der Waals surface area contributed by atoms with Gasteiger partial charge in [0.1, 0.15) is 0 Å². The van der Waals surface area contributed by atoms with Crippen molar-refractivity contribution in [2.45, 2.75) is 52.0 Å². The van der Waals surface area contributed by atoms with Gasteiger partial charge in [-0.2, -0.15) is 0 Å². The topological polar surface area (TPSA) is 16.1 Å². The Morgan fingerprint density at radius 1 is 1.09 bits per heavy atom. The molecular formula is C21H28N2. The Morgan fingerprint density at radius 2 is 1.91 bits per heavy atom. The summed E-state index contributed by atoms with van der Waals surface area (Å²) in [5, 5.41) is 0. The number of aryl methyl sites for hydroxylation is 1. The van der Waals surface area contributed by atoms with Crippen LogP contribution in [0, 0.1) is 0 Å². The van der Waals surface area contributed by atoms with Gasteiger partial charge in [0.25, 0.3) is 0 Å². The van der Waals surface area contributed by atoms with Crippen LogP contribution in [-0.2, 0) is 12.8 Å². The SMILES string of the molecule is CCCN(CCC)C1CCc2cccc(-c3cccnc3)c2C1. The average molecular weight is 308 g/mol. The van der Waals surface area contributed by atoms with Crippen LogP contribution >= 0.6 is 0 Å². The van der Waals surface area contributed by atoms with Crippen molar-refractivity contribution in [3.05, 3.63) is 53.9 Å². The molecule has 0 spiro atoms. The van der Waals surface area contributed by atoms with E-state index in [9.17, 15) is 0 Å². The Hall–Kier alpha value is -1.67. The molecule has 0 amide bonds. The third kappa shape index (κ3) is 3.64. The summed E-state index contributed by atoms with van der Waals surface area (Å²) in [6.45, 7) is 7.03. The molecule has 2 nitrogen and oxygen atoms in total. The Kier molecular flexibility index (Phi) is 5.45. The van der Waals surface area contributed by atoms with Crippen LogP contribution in [0.3, 0.4) is 0 Å². The maximum atomic E-state index is 4.31. The van der Waals surface area contributed by atoms with E-state index in [1.165, 1.54) is 61.9 Å². The minimum atomic E-state index is 0.695. The molecule has 1 aliphatic carbocycles. The van der Waals surface area contributed by atoms with Gasteiger partial charge in [-0.15, -0.1) is 0 Å². The number of hydrogen-bond donors (Lipinski definition) is 0. The summed E-state index contributed by atoms with van der Waals surface area (Å²) in [4.78, 5) is 7.02. The molecule has 1 unspecified atom stereocenters. The minimum Gasteiger partial charge on any atom is -0.300 e. The third-order valence-corrected chi connectivity index (χ3v) is 4.97. The molecule has 0 radical (unpaired) electrons. The van der Waals surface area contributed by atoms with E-state index in [-0.39, 0.29) is 0 Å². The van der Waals surface area contributed by atoms with Gasteiger partial charge >= 0.3 is 0 Å². The summed E-state index contributed by atoms with van der Waals surface area (Å²) in [7, 11) is 0. The number of benzene rings is 1. The van der Waals surface area contributed by atoms with Crippen molar-refractivity contribution >= 4 is 0 Å². The summed E-state index contributed by atoms with van der Waals surface area (Å²) in [5.74, 6) is 0. The maximum absolute atomic E-state index is 4.31. The summed E-state index contributed by atoms with van der Waals surface area (Å²) < 4.78 is 0. The molecule has 1 aromatic heterocycles. The zero-order chi connectivity index (χ0) is 16.1. The first kappa shape index (κ1) is 16.2. The first-order valence-corrected chi connectivity index (χ1v) is 9.08. The van der Waals surface area contributed by atoms with E-state index in [2.05, 4.69) is 48.0 Å². The van der Waals surface area contributed by atoms with E-state index in [1.54, 1.807) is 5.56 Å². The standard InChI is InChI=1S/C21H28N2/c1-3-13-23(14-4-2)19-11-10-17-7-5-9-20(21(17)15-19)18-8-6-12-22-16-18/h5-9,12,16,19H,3-4,10-11,13-15H2,1-2H3. The molecule has 2 aromatic rings. The summed E-state index contributed by atoms with van der Waals surface area (Å²) in [6.07, 6.45) is 10.0. The Morgan fingerprint density at radius 3 is 2.61 bits per heavy atom. The zero-order valence-electron chi connectivity index (χ0n) is 14.5. The molecule has 23 heavy (non-hydrogen) atoms. The highest BCUT2D eigenvalue weighted by molar-refractivity contribution is 5.68. The monoisotopic (exact) mass is 308 g/mol. The van der Waals surface area contributed by atoms with E-state index < -0.39 is 0 Å². The second-order valence-corrected chi connectivity index (χ2v) is 6.62. The lowest BCUT2D eigenvalue weighted by Gasteiger charge is -2.36. The molecule has 0 saturated carbocycles. The van der Waals surface area contributed by atoms with Gasteiger partial charge in [-0.1, -0.05) is 38.1 Å². The number of fused-ring (bicyclic) bond motifs is 1. The van der Waals surface area contributed by atoms with Crippen LogP contribution in [0.4, 0.5) is 0 Å². The molecule has 2 heteroatoms. The molecule has 122 valence electrons. The highest BCUT2D eigenvalue weighted by atomic mass is 15.1. The average Bonchev–Trinajstić information content (AvgIpc) is 2.61. The molecular weight excluding hydrogens is 280 g/mol. The van der Waals surface area contributed by atoms with Crippen LogP contribution in [0.2, 0.25) is 0 Å². The minimum absolute atomic E-state index is 0.695. The number of hydrogen-bond acceptors (Lipinski definition) is 2. The van der Waals surface area contributed by atoms with Gasteiger partial charge < -0.3 is 4.90 Å². The normalized spacial score (nSPS) is 17.3. The van der Waals surface area contributed by atoms with Crippen molar-refractivity contribution in [1.29, 1.82) is 0 Å². The molecule has 1 heterocycles. The summed E-state index contributed by atoms with van der Waals surface area (Å²) in [5.41, 5.74) is 5.72. The summed E-state index contributed by atoms with van der Waals surface area (Å²) in [6, 6.07) is 11.7. The second-order valence-electron chi connectivity index (χ2n) is 6.62. The number of rotatable bonds is 6. The van der Waals surface area contributed by atoms with Crippen molar-refractivity contribution in [2.75, 3.05) is 13.1 Å². The fraction of sp³-hybridized carbons (Fsp3) is 0.476. The van der Waals surface area contributed by atoms with Crippen LogP contribution < -0.4 is 0 Å². The van der Waals surface area contributed by atoms with Gasteiger partial charge in [0.15, 0.2) is 0 Å². The lowest BCUT2D eigenvalue weighted by molar-refractivity contribution is 0.180. The molecule has 1 aromatic carbocycles. The molecule has 0 fully saturated rings. The number of nitrogens with zero attached hydrogens (tertiary/aromatic N) is 2. The van der Waals surface area contributed by atoms with Gasteiger partial charge in [-0.3, -0.25) is 4.98 Å². The first-order valence-electron chi connectivity index (χ1n) is 9.08. The van der Waals surface area contributed by atoms with Gasteiger partial charge in [-0.25, -0.2) is 0 Å². The zero-order valence-corrected chi connectivity index (χ0v) is 14.5. The second kappa shape index (κ2) is 7.74. The predicted octanol–water partition coefficient (Wildman–Crippen LogP) is 4.73. The van der Waals surface area contributed by atoms with Gasteiger partial charge in [0.05, 0.1) is 0 Å². The molecule has 0 aliphatic heterocycles. The van der Waals surface area contributed by atoms with Crippen molar-refractivity contribution < 1.29 is 0 Å². The van der Waals surface area contributed by atoms with Crippen LogP contribution in [0.25, 0.3) is 11.1 Å². The Balaban J connectivity index is 1.90. The molecule has 0 bridgehead atoms. The van der Waals surface area contributed by atoms with E-state index in [1.807, 2.05) is 18.5 Å². The Labute approximate surface area is 140 Å². The van der Waals surface area contributed by atoms with Gasteiger partial charge in [0.2, 0.25) is 0 Å². The van der Waals surface area contributed by atoms with Crippen LogP contribution in [0.5, 0.6) is 0 Å². The van der Waals surface area contributed by atoms with Gasteiger partial charge in [-0.05, 0) is 68.0 Å². The van der Waals surface area contributed by atoms with Crippen LogP contribution in [0.1, 0.15) is 44.2 Å². The Bertz CT molecular complexity index is 615. The van der Waals surface area contributed by atoms with Crippen molar-refractivity contribution in [3.63, 3.8) is 0 Å². The predicted molar refractivity (Wildman–Crippen MR) is 97.6 cm³/mol. The molecule has 3 rings (SSSR count). The van der Waals surface area contributed by atoms with Crippen LogP contribution in [0.15, 0.2) is 42.7 Å². The van der Waals surface area contributed by atoms with E-state index in [0.29, 0.717) is 6.04 Å². The van der Waals surface area contributed by atoms with Gasteiger partial charge in [0, 0.05) is 24.0 Å². The first-order chi connectivity index (χ1) is 11.3. The largest absolute Gasteiger partial charge is 0.300 e. The van der Waals surface area contributed by atoms with E-state index >= 15 is 0 Å². The smallest absolute Gasteiger partial charge is 0.0346 e. The molecule has 1 aliphatic rings. The quantitative estimate of drug-likeness (QED) is 0.767. The van der Waals surface area contributed by atoms with Crippen molar-refractivity contribution in [2.24, 2.45) is 0 Å². The highest BCUT2D eigenvalue weighted by Gasteiger charge is 2.25. The van der Waals surface area contributed by atoms with E-state index in [0.717, 1.165) is 0 Å². The van der Waals surface area contributed by atoms with E-state index in [4.69, 9.17) is 0 Å². The number of pyridine rings is 1. The molecule has 0 N–H and O–H groups in total.